The van der Waals surface area contributed by atoms with Crippen LogP contribution in [0.5, 0.6) is 5.75 Å². The number of benzene rings is 3. The zero-order valence-corrected chi connectivity index (χ0v) is 24.9. The van der Waals surface area contributed by atoms with Crippen molar-refractivity contribution in [3.05, 3.63) is 77.3 Å². The van der Waals surface area contributed by atoms with E-state index in [-0.39, 0.29) is 21.5 Å². The van der Waals surface area contributed by atoms with Crippen molar-refractivity contribution < 1.29 is 22.7 Å². The molecular formula is C30H35ClN4O5S. The predicted molar refractivity (Wildman–Crippen MR) is 162 cm³/mol. The average molecular weight is 599 g/mol. The van der Waals surface area contributed by atoms with Gasteiger partial charge in [0.1, 0.15) is 16.7 Å². The first kappa shape index (κ1) is 30.2. The van der Waals surface area contributed by atoms with Gasteiger partial charge in [0.15, 0.2) is 0 Å². The van der Waals surface area contributed by atoms with Gasteiger partial charge in [0.2, 0.25) is 5.91 Å². The first-order chi connectivity index (χ1) is 19.6. The van der Waals surface area contributed by atoms with Gasteiger partial charge in [0.05, 0.1) is 23.5 Å². The van der Waals surface area contributed by atoms with Crippen LogP contribution in [-0.2, 0) is 14.8 Å². The Bertz CT molecular complexity index is 1490. The van der Waals surface area contributed by atoms with Crippen LogP contribution < -0.4 is 25.0 Å². The molecule has 4 rings (SSSR count). The summed E-state index contributed by atoms with van der Waals surface area (Å²) in [7, 11) is -2.54. The van der Waals surface area contributed by atoms with Crippen LogP contribution in [0.3, 0.4) is 0 Å². The summed E-state index contributed by atoms with van der Waals surface area (Å²) >= 11 is 6.24. The molecule has 1 aliphatic heterocycles. The van der Waals surface area contributed by atoms with Crippen LogP contribution in [-0.4, -0.2) is 46.5 Å². The highest BCUT2D eigenvalue weighted by molar-refractivity contribution is 7.93. The molecular weight excluding hydrogens is 564 g/mol. The smallest absolute Gasteiger partial charge is 0.264 e. The number of anilines is 3. The number of hydrogen-bond acceptors (Lipinski definition) is 6. The van der Waals surface area contributed by atoms with E-state index in [0.717, 1.165) is 32.4 Å². The molecule has 1 fully saturated rings. The van der Waals surface area contributed by atoms with Crippen molar-refractivity contribution in [2.24, 2.45) is 5.92 Å². The number of rotatable bonds is 10. The number of nitrogens with one attached hydrogen (secondary N) is 3. The molecule has 41 heavy (non-hydrogen) atoms. The van der Waals surface area contributed by atoms with Gasteiger partial charge in [-0.3, -0.25) is 14.3 Å². The second-order valence-electron chi connectivity index (χ2n) is 10.2. The third-order valence-electron chi connectivity index (χ3n) is 6.92. The lowest BCUT2D eigenvalue weighted by atomic mass is 10.0. The number of amides is 2. The Balaban J connectivity index is 1.60. The number of carbonyl (C=O) groups is 2. The molecule has 0 bridgehead atoms. The van der Waals surface area contributed by atoms with Gasteiger partial charge < -0.3 is 20.3 Å². The number of carbonyl (C=O) groups excluding carboxylic acids is 2. The normalized spacial score (nSPS) is 14.3. The van der Waals surface area contributed by atoms with Gasteiger partial charge in [0.25, 0.3) is 15.9 Å². The summed E-state index contributed by atoms with van der Waals surface area (Å²) < 4.78 is 35.1. The number of halogens is 1. The third-order valence-corrected chi connectivity index (χ3v) is 8.64. The molecule has 0 radical (unpaired) electrons. The van der Waals surface area contributed by atoms with E-state index in [1.54, 1.807) is 60.7 Å². The van der Waals surface area contributed by atoms with E-state index in [9.17, 15) is 18.0 Å². The van der Waals surface area contributed by atoms with Gasteiger partial charge in [-0.25, -0.2) is 8.42 Å². The lowest BCUT2D eigenvalue weighted by molar-refractivity contribution is -0.118. The highest BCUT2D eigenvalue weighted by Crippen LogP contribution is 2.33. The molecule has 1 aliphatic rings. The van der Waals surface area contributed by atoms with Crippen LogP contribution in [0.4, 0.5) is 17.1 Å². The zero-order valence-electron chi connectivity index (χ0n) is 23.3. The van der Waals surface area contributed by atoms with Crippen LogP contribution in [0.1, 0.15) is 43.5 Å². The molecule has 3 aromatic carbocycles. The van der Waals surface area contributed by atoms with Crippen molar-refractivity contribution in [2.75, 3.05) is 35.1 Å². The van der Waals surface area contributed by atoms with Gasteiger partial charge in [0, 0.05) is 24.3 Å². The number of hydrogen-bond donors (Lipinski definition) is 3. The van der Waals surface area contributed by atoms with E-state index >= 15 is 0 Å². The molecule has 0 aromatic heterocycles. The summed E-state index contributed by atoms with van der Waals surface area (Å²) in [6.45, 7) is 5.10. The number of methoxy groups -OCH3 is 1. The van der Waals surface area contributed by atoms with E-state index in [1.165, 1.54) is 13.2 Å². The second-order valence-corrected chi connectivity index (χ2v) is 12.3. The van der Waals surface area contributed by atoms with Crippen molar-refractivity contribution in [2.45, 2.75) is 44.0 Å². The minimum atomic E-state index is -4.08. The standard InChI is InChI=1S/C30H35ClN4O5S/c1-20(2)28(33-29(36)21-11-14-23(40-3)15-12-21)30(37)32-22-13-16-26(35-17-7-4-8-18-35)27(19-22)41(38,39)34-25-10-6-5-9-24(25)31/h5-6,9-16,19-20,28,34H,4,7-8,17-18H2,1-3H3,(H,32,37)(H,33,36)/t28-/m0/s1. The van der Waals surface area contributed by atoms with Crippen molar-refractivity contribution >= 4 is 50.5 Å². The molecule has 0 saturated carbocycles. The second kappa shape index (κ2) is 13.3. The molecule has 1 saturated heterocycles. The van der Waals surface area contributed by atoms with Crippen LogP contribution in [0.2, 0.25) is 5.02 Å². The van der Waals surface area contributed by atoms with Crippen molar-refractivity contribution in [3.63, 3.8) is 0 Å². The minimum absolute atomic E-state index is 0.0282. The van der Waals surface area contributed by atoms with E-state index < -0.39 is 27.9 Å². The van der Waals surface area contributed by atoms with E-state index in [0.29, 0.717) is 22.7 Å². The highest BCUT2D eigenvalue weighted by Gasteiger charge is 2.28. The van der Waals surface area contributed by atoms with Crippen molar-refractivity contribution in [3.8, 4) is 5.75 Å². The largest absolute Gasteiger partial charge is 0.497 e. The van der Waals surface area contributed by atoms with Crippen LogP contribution in [0, 0.1) is 5.92 Å². The average Bonchev–Trinajstić information content (AvgIpc) is 2.97. The summed E-state index contributed by atoms with van der Waals surface area (Å²) in [5.74, 6) is -0.499. The highest BCUT2D eigenvalue weighted by atomic mass is 35.5. The van der Waals surface area contributed by atoms with Gasteiger partial charge >= 0.3 is 0 Å². The molecule has 3 aromatic rings. The maximum Gasteiger partial charge on any atom is 0.264 e. The van der Waals surface area contributed by atoms with Crippen molar-refractivity contribution in [1.29, 1.82) is 0 Å². The Morgan fingerprint density at radius 1 is 0.951 bits per heavy atom. The number of nitrogens with zero attached hydrogens (tertiary/aromatic N) is 1. The summed E-state index contributed by atoms with van der Waals surface area (Å²) in [5, 5.41) is 5.87. The summed E-state index contributed by atoms with van der Waals surface area (Å²) in [4.78, 5) is 28.3. The molecule has 0 unspecified atom stereocenters. The Morgan fingerprint density at radius 2 is 1.63 bits per heavy atom. The number of ether oxygens (including phenoxy) is 1. The molecule has 1 atom stereocenters. The maximum atomic E-state index is 13.7. The van der Waals surface area contributed by atoms with Crippen LogP contribution in [0.25, 0.3) is 0 Å². The first-order valence-corrected chi connectivity index (χ1v) is 15.4. The molecule has 218 valence electrons. The van der Waals surface area contributed by atoms with Gasteiger partial charge in [-0.15, -0.1) is 0 Å². The van der Waals surface area contributed by atoms with E-state index in [4.69, 9.17) is 16.3 Å². The van der Waals surface area contributed by atoms with E-state index in [2.05, 4.69) is 15.4 Å². The Hall–Kier alpha value is -3.76. The summed E-state index contributed by atoms with van der Waals surface area (Å²) in [6, 6.07) is 17.1. The quantitative estimate of drug-likeness (QED) is 0.282. The lowest BCUT2D eigenvalue weighted by Gasteiger charge is -2.31. The zero-order chi connectivity index (χ0) is 29.6. The monoisotopic (exact) mass is 598 g/mol. The molecule has 2 amide bonds. The van der Waals surface area contributed by atoms with Gasteiger partial charge in [-0.2, -0.15) is 0 Å². The Kier molecular flexibility index (Phi) is 9.77. The van der Waals surface area contributed by atoms with Crippen LogP contribution in [0.15, 0.2) is 71.6 Å². The van der Waals surface area contributed by atoms with Gasteiger partial charge in [-0.05, 0) is 79.8 Å². The number of sulfonamides is 1. The Morgan fingerprint density at radius 3 is 2.27 bits per heavy atom. The minimum Gasteiger partial charge on any atom is -0.497 e. The maximum absolute atomic E-state index is 13.7. The van der Waals surface area contributed by atoms with E-state index in [1.807, 2.05) is 18.7 Å². The topological polar surface area (TPSA) is 117 Å². The molecule has 0 spiro atoms. The summed E-state index contributed by atoms with van der Waals surface area (Å²) in [5.41, 5.74) is 1.48. The lowest BCUT2D eigenvalue weighted by Crippen LogP contribution is -2.47. The molecule has 9 nitrogen and oxygen atoms in total. The first-order valence-electron chi connectivity index (χ1n) is 13.5. The fourth-order valence-corrected chi connectivity index (χ4v) is 6.24. The van der Waals surface area contributed by atoms with Crippen LogP contribution >= 0.6 is 11.6 Å². The van der Waals surface area contributed by atoms with Gasteiger partial charge in [-0.1, -0.05) is 37.6 Å². The number of para-hydroxylation sites is 1. The van der Waals surface area contributed by atoms with Crippen molar-refractivity contribution in [1.82, 2.24) is 5.32 Å². The Labute approximate surface area is 246 Å². The molecule has 3 N–H and O–H groups in total. The fourth-order valence-electron chi connectivity index (χ4n) is 4.67. The SMILES string of the molecule is COc1ccc(C(=O)N[C@H](C(=O)Nc2ccc(N3CCCCC3)c(S(=O)(=O)Nc3ccccc3Cl)c2)C(C)C)cc1. The summed E-state index contributed by atoms with van der Waals surface area (Å²) in [6.07, 6.45) is 3.00. The fraction of sp³-hybridized carbons (Fsp3) is 0.333. The number of piperidine rings is 1. The third kappa shape index (κ3) is 7.51. The molecule has 0 aliphatic carbocycles. The molecule has 1 heterocycles. The molecule has 11 heteroatoms. The predicted octanol–water partition coefficient (Wildman–Crippen LogP) is 5.53.